The highest BCUT2D eigenvalue weighted by molar-refractivity contribution is 6.30. The molecule has 1 aromatic heterocycles. The van der Waals surface area contributed by atoms with E-state index in [0.717, 1.165) is 30.7 Å². The standard InChI is InChI=1S/C18H18ClN3O2/c19-15-3-4-17-13(9-15)8-14(11-24-17)18(23)21-6-1-2-16(10-21)22-7-5-20-12-22/h3-5,7-9,12,16H,1-2,6,10-11H2/t16-/m0/s1. The van der Waals surface area contributed by atoms with Gasteiger partial charge in [-0.15, -0.1) is 0 Å². The van der Waals surface area contributed by atoms with E-state index >= 15 is 0 Å². The molecule has 0 N–H and O–H groups in total. The number of carbonyl (C=O) groups is 1. The molecule has 2 aliphatic heterocycles. The first-order valence-corrected chi connectivity index (χ1v) is 8.48. The topological polar surface area (TPSA) is 47.4 Å². The third-order valence-corrected chi connectivity index (χ3v) is 4.82. The van der Waals surface area contributed by atoms with Crippen molar-refractivity contribution in [3.8, 4) is 5.75 Å². The molecule has 1 atom stereocenters. The van der Waals surface area contributed by atoms with Crippen LogP contribution in [-0.4, -0.2) is 40.1 Å². The normalized spacial score (nSPS) is 20.1. The van der Waals surface area contributed by atoms with Crippen molar-refractivity contribution in [1.82, 2.24) is 14.5 Å². The molecule has 1 fully saturated rings. The lowest BCUT2D eigenvalue weighted by atomic mass is 10.0. The Kier molecular flexibility index (Phi) is 4.02. The zero-order chi connectivity index (χ0) is 16.5. The van der Waals surface area contributed by atoms with Gasteiger partial charge >= 0.3 is 0 Å². The summed E-state index contributed by atoms with van der Waals surface area (Å²) >= 11 is 6.04. The van der Waals surface area contributed by atoms with E-state index in [1.54, 1.807) is 12.3 Å². The smallest absolute Gasteiger partial charge is 0.253 e. The second-order valence-corrected chi connectivity index (χ2v) is 6.63. The average molecular weight is 344 g/mol. The molecule has 124 valence electrons. The molecular weight excluding hydrogens is 326 g/mol. The van der Waals surface area contributed by atoms with E-state index in [-0.39, 0.29) is 11.9 Å². The molecule has 4 rings (SSSR count). The van der Waals surface area contributed by atoms with Crippen LogP contribution in [0.4, 0.5) is 0 Å². The van der Waals surface area contributed by atoms with Crippen molar-refractivity contribution in [1.29, 1.82) is 0 Å². The molecule has 0 aliphatic carbocycles. The second kappa shape index (κ2) is 6.32. The number of imidazole rings is 1. The summed E-state index contributed by atoms with van der Waals surface area (Å²) in [6.45, 7) is 1.79. The minimum absolute atomic E-state index is 0.0467. The summed E-state index contributed by atoms with van der Waals surface area (Å²) in [4.78, 5) is 18.9. The third-order valence-electron chi connectivity index (χ3n) is 4.59. The Balaban J connectivity index is 1.53. The first kappa shape index (κ1) is 15.3. The largest absolute Gasteiger partial charge is 0.488 e. The van der Waals surface area contributed by atoms with Crippen LogP contribution in [0.5, 0.6) is 5.75 Å². The van der Waals surface area contributed by atoms with Crippen molar-refractivity contribution in [3.05, 3.63) is 53.1 Å². The van der Waals surface area contributed by atoms with E-state index < -0.39 is 0 Å². The van der Waals surface area contributed by atoms with Gasteiger partial charge in [-0.25, -0.2) is 4.98 Å². The van der Waals surface area contributed by atoms with Gasteiger partial charge in [0.2, 0.25) is 0 Å². The molecule has 1 saturated heterocycles. The van der Waals surface area contributed by atoms with Gasteiger partial charge in [-0.1, -0.05) is 11.6 Å². The monoisotopic (exact) mass is 343 g/mol. The maximum atomic E-state index is 12.9. The fourth-order valence-electron chi connectivity index (χ4n) is 3.34. The van der Waals surface area contributed by atoms with Crippen LogP contribution in [0.25, 0.3) is 6.08 Å². The van der Waals surface area contributed by atoms with E-state index in [9.17, 15) is 4.79 Å². The van der Waals surface area contributed by atoms with Gasteiger partial charge in [0.15, 0.2) is 0 Å². The Bertz CT molecular complexity index is 786. The highest BCUT2D eigenvalue weighted by atomic mass is 35.5. The molecule has 0 saturated carbocycles. The third kappa shape index (κ3) is 2.91. The highest BCUT2D eigenvalue weighted by Gasteiger charge is 2.28. The molecule has 1 amide bonds. The maximum Gasteiger partial charge on any atom is 0.253 e. The van der Waals surface area contributed by atoms with Crippen LogP contribution in [0.3, 0.4) is 0 Å². The number of piperidine rings is 1. The number of likely N-dealkylation sites (tertiary alicyclic amines) is 1. The molecule has 2 aliphatic rings. The maximum absolute atomic E-state index is 12.9. The zero-order valence-corrected chi connectivity index (χ0v) is 13.9. The van der Waals surface area contributed by atoms with Gasteiger partial charge in [0, 0.05) is 36.1 Å². The Morgan fingerprint density at radius 3 is 3.12 bits per heavy atom. The summed E-state index contributed by atoms with van der Waals surface area (Å²) in [6, 6.07) is 5.75. The fraction of sp³-hybridized carbons (Fsp3) is 0.333. The molecule has 1 aromatic carbocycles. The van der Waals surface area contributed by atoms with Gasteiger partial charge in [-0.2, -0.15) is 0 Å². The lowest BCUT2D eigenvalue weighted by molar-refractivity contribution is -0.129. The number of hydrogen-bond donors (Lipinski definition) is 0. The molecule has 0 bridgehead atoms. The van der Waals surface area contributed by atoms with Crippen molar-refractivity contribution in [2.75, 3.05) is 19.7 Å². The van der Waals surface area contributed by atoms with Crippen molar-refractivity contribution >= 4 is 23.6 Å². The van der Waals surface area contributed by atoms with Gasteiger partial charge in [-0.05, 0) is 37.1 Å². The first-order chi connectivity index (χ1) is 11.7. The minimum atomic E-state index is 0.0467. The number of hydrogen-bond acceptors (Lipinski definition) is 3. The Labute approximate surface area is 145 Å². The molecule has 3 heterocycles. The van der Waals surface area contributed by atoms with Crippen molar-refractivity contribution in [3.63, 3.8) is 0 Å². The summed E-state index contributed by atoms with van der Waals surface area (Å²) < 4.78 is 7.80. The van der Waals surface area contributed by atoms with Crippen LogP contribution in [0.1, 0.15) is 24.4 Å². The number of benzene rings is 1. The van der Waals surface area contributed by atoms with Crippen LogP contribution < -0.4 is 4.74 Å². The Hall–Kier alpha value is -2.27. The van der Waals surface area contributed by atoms with Gasteiger partial charge < -0.3 is 14.2 Å². The zero-order valence-electron chi connectivity index (χ0n) is 13.2. The molecule has 5 nitrogen and oxygen atoms in total. The quantitative estimate of drug-likeness (QED) is 0.841. The average Bonchev–Trinajstić information content (AvgIpc) is 3.15. The summed E-state index contributed by atoms with van der Waals surface area (Å²) in [5, 5.41) is 0.639. The SMILES string of the molecule is O=C(C1=Cc2cc(Cl)ccc2OC1)N1CCC[C@H](n2ccnc2)C1. The summed E-state index contributed by atoms with van der Waals surface area (Å²) in [5.74, 6) is 0.816. The summed E-state index contributed by atoms with van der Waals surface area (Å²) in [7, 11) is 0. The van der Waals surface area contributed by atoms with Crippen molar-refractivity contribution in [2.24, 2.45) is 0 Å². The molecule has 0 spiro atoms. The second-order valence-electron chi connectivity index (χ2n) is 6.20. The predicted molar refractivity (Wildman–Crippen MR) is 92.0 cm³/mol. The number of rotatable bonds is 2. The van der Waals surface area contributed by atoms with E-state index in [2.05, 4.69) is 9.55 Å². The number of ether oxygens (including phenoxy) is 1. The molecule has 0 unspecified atom stereocenters. The van der Waals surface area contributed by atoms with Crippen LogP contribution in [0.15, 0.2) is 42.5 Å². The number of amides is 1. The number of aromatic nitrogens is 2. The predicted octanol–water partition coefficient (Wildman–Crippen LogP) is 3.18. The number of halogens is 1. The van der Waals surface area contributed by atoms with E-state index in [1.165, 1.54) is 0 Å². The number of nitrogens with zero attached hydrogens (tertiary/aromatic N) is 3. The fourth-order valence-corrected chi connectivity index (χ4v) is 3.52. The first-order valence-electron chi connectivity index (χ1n) is 8.10. The van der Waals surface area contributed by atoms with Crippen LogP contribution >= 0.6 is 11.6 Å². The lowest BCUT2D eigenvalue weighted by Crippen LogP contribution is -2.42. The van der Waals surface area contributed by atoms with Crippen LogP contribution in [0, 0.1) is 0 Å². The molecule has 0 radical (unpaired) electrons. The van der Waals surface area contributed by atoms with Crippen LogP contribution in [-0.2, 0) is 4.79 Å². The molecule has 2 aromatic rings. The summed E-state index contributed by atoms with van der Waals surface area (Å²) in [6.07, 6.45) is 9.51. The Morgan fingerprint density at radius 1 is 1.38 bits per heavy atom. The van der Waals surface area contributed by atoms with Gasteiger partial charge in [0.25, 0.3) is 5.91 Å². The van der Waals surface area contributed by atoms with Crippen molar-refractivity contribution in [2.45, 2.75) is 18.9 Å². The van der Waals surface area contributed by atoms with Crippen LogP contribution in [0.2, 0.25) is 5.02 Å². The molecule has 24 heavy (non-hydrogen) atoms. The van der Waals surface area contributed by atoms with E-state index in [1.807, 2.05) is 35.6 Å². The van der Waals surface area contributed by atoms with Gasteiger partial charge in [-0.3, -0.25) is 4.79 Å². The van der Waals surface area contributed by atoms with E-state index in [0.29, 0.717) is 23.7 Å². The highest BCUT2D eigenvalue weighted by Crippen LogP contribution is 2.30. The van der Waals surface area contributed by atoms with Gasteiger partial charge in [0.1, 0.15) is 12.4 Å². The number of carbonyl (C=O) groups excluding carboxylic acids is 1. The number of fused-ring (bicyclic) bond motifs is 1. The van der Waals surface area contributed by atoms with Gasteiger partial charge in [0.05, 0.1) is 17.9 Å². The molecular formula is C18H18ClN3O2. The Morgan fingerprint density at radius 2 is 2.29 bits per heavy atom. The van der Waals surface area contributed by atoms with Crippen molar-refractivity contribution < 1.29 is 9.53 Å². The summed E-state index contributed by atoms with van der Waals surface area (Å²) in [5.41, 5.74) is 1.54. The van der Waals surface area contributed by atoms with E-state index in [4.69, 9.17) is 16.3 Å². The minimum Gasteiger partial charge on any atom is -0.488 e. The molecule has 6 heteroatoms. The lowest BCUT2D eigenvalue weighted by Gasteiger charge is -2.34.